The van der Waals surface area contributed by atoms with Gasteiger partial charge in [-0.1, -0.05) is 35.3 Å². The molecule has 0 aliphatic heterocycles. The summed E-state index contributed by atoms with van der Waals surface area (Å²) in [4.78, 5) is 24.6. The number of hydrogen-bond donors (Lipinski definition) is 2. The molecule has 1 aromatic heterocycles. The number of furan rings is 1. The lowest BCUT2D eigenvalue weighted by atomic mass is 10.2. The van der Waals surface area contributed by atoms with Crippen LogP contribution in [0.15, 0.2) is 52.9 Å². The number of amides is 2. The second-order valence-electron chi connectivity index (χ2n) is 6.00. The van der Waals surface area contributed by atoms with E-state index in [2.05, 4.69) is 10.6 Å². The van der Waals surface area contributed by atoms with Crippen molar-refractivity contribution in [3.8, 4) is 0 Å². The summed E-state index contributed by atoms with van der Waals surface area (Å²) < 4.78 is 5.37. The third-order valence-electron chi connectivity index (χ3n) is 3.91. The van der Waals surface area contributed by atoms with E-state index in [1.165, 1.54) is 12.1 Å². The molecule has 0 atom stereocenters. The largest absolute Gasteiger partial charge is 0.446 e. The Morgan fingerprint density at radius 1 is 0.741 bits per heavy atom. The Labute approximate surface area is 166 Å². The second-order valence-corrected chi connectivity index (χ2v) is 6.81. The van der Waals surface area contributed by atoms with Crippen molar-refractivity contribution in [2.75, 3.05) is 10.6 Å². The summed E-state index contributed by atoms with van der Waals surface area (Å²) in [5, 5.41) is 6.44. The molecule has 27 heavy (non-hydrogen) atoms. The number of carbonyl (C=O) groups excluding carboxylic acids is 2. The van der Waals surface area contributed by atoms with E-state index in [-0.39, 0.29) is 11.5 Å². The Morgan fingerprint density at radius 2 is 1.15 bits per heavy atom. The summed E-state index contributed by atoms with van der Waals surface area (Å²) >= 11 is 12.1. The van der Waals surface area contributed by atoms with Gasteiger partial charge in [0.25, 0.3) is 11.8 Å². The molecule has 0 fully saturated rings. The Kier molecular flexibility index (Phi) is 5.54. The first-order valence-electron chi connectivity index (χ1n) is 8.08. The first-order chi connectivity index (χ1) is 12.8. The maximum Gasteiger partial charge on any atom is 0.291 e. The van der Waals surface area contributed by atoms with Gasteiger partial charge in [0.15, 0.2) is 11.5 Å². The quantitative estimate of drug-likeness (QED) is 0.586. The monoisotopic (exact) mass is 402 g/mol. The van der Waals surface area contributed by atoms with Crippen molar-refractivity contribution in [2.45, 2.75) is 13.8 Å². The van der Waals surface area contributed by atoms with Gasteiger partial charge in [-0.05, 0) is 61.4 Å². The lowest BCUT2D eigenvalue weighted by Gasteiger charge is -2.06. The van der Waals surface area contributed by atoms with Gasteiger partial charge in [-0.25, -0.2) is 0 Å². The molecule has 3 aromatic rings. The van der Waals surface area contributed by atoms with Crippen molar-refractivity contribution in [1.29, 1.82) is 0 Å². The van der Waals surface area contributed by atoms with E-state index >= 15 is 0 Å². The molecular formula is C20H16Cl2N2O3. The Morgan fingerprint density at radius 3 is 1.52 bits per heavy atom. The lowest BCUT2D eigenvalue weighted by molar-refractivity contribution is 0.0974. The van der Waals surface area contributed by atoms with E-state index in [1.807, 2.05) is 13.8 Å². The highest BCUT2D eigenvalue weighted by Gasteiger charge is 2.16. The highest BCUT2D eigenvalue weighted by atomic mass is 35.5. The fourth-order valence-corrected chi connectivity index (χ4v) is 2.67. The molecule has 1 heterocycles. The molecular weight excluding hydrogens is 387 g/mol. The zero-order valence-electron chi connectivity index (χ0n) is 14.6. The van der Waals surface area contributed by atoms with Gasteiger partial charge in [0.2, 0.25) is 0 Å². The second kappa shape index (κ2) is 7.86. The summed E-state index contributed by atoms with van der Waals surface area (Å²) in [7, 11) is 0. The minimum absolute atomic E-state index is 0.0128. The third-order valence-corrected chi connectivity index (χ3v) is 4.73. The normalized spacial score (nSPS) is 10.5. The minimum Gasteiger partial charge on any atom is -0.446 e. The molecule has 0 saturated heterocycles. The molecule has 0 saturated carbocycles. The van der Waals surface area contributed by atoms with Gasteiger partial charge in [0.05, 0.1) is 0 Å². The van der Waals surface area contributed by atoms with Crippen LogP contribution < -0.4 is 10.6 Å². The molecule has 7 heteroatoms. The number of benzene rings is 2. The van der Waals surface area contributed by atoms with Gasteiger partial charge in [0.1, 0.15) is 0 Å². The molecule has 2 N–H and O–H groups in total. The highest BCUT2D eigenvalue weighted by Crippen LogP contribution is 2.22. The van der Waals surface area contributed by atoms with Crippen LogP contribution in [0.2, 0.25) is 10.0 Å². The fraction of sp³-hybridized carbons (Fsp3) is 0.100. The molecule has 5 nitrogen and oxygen atoms in total. The van der Waals surface area contributed by atoms with Crippen LogP contribution >= 0.6 is 23.2 Å². The first kappa shape index (κ1) is 19.0. The number of aryl methyl sites for hydroxylation is 2. The number of anilines is 2. The Bertz CT molecular complexity index is 948. The Balaban J connectivity index is 1.69. The number of carbonyl (C=O) groups is 2. The predicted molar refractivity (Wildman–Crippen MR) is 107 cm³/mol. The van der Waals surface area contributed by atoms with E-state index in [1.54, 1.807) is 36.4 Å². The van der Waals surface area contributed by atoms with E-state index in [4.69, 9.17) is 27.6 Å². The van der Waals surface area contributed by atoms with Gasteiger partial charge in [-0.2, -0.15) is 0 Å². The van der Waals surface area contributed by atoms with Crippen LogP contribution in [0, 0.1) is 13.8 Å². The van der Waals surface area contributed by atoms with Crippen molar-refractivity contribution < 1.29 is 14.0 Å². The maximum absolute atomic E-state index is 12.3. The number of rotatable bonds is 4. The lowest BCUT2D eigenvalue weighted by Crippen LogP contribution is -2.12. The predicted octanol–water partition coefficient (Wildman–Crippen LogP) is 5.71. The molecule has 0 unspecified atom stereocenters. The molecule has 2 aromatic carbocycles. The summed E-state index contributed by atoms with van der Waals surface area (Å²) in [6.07, 6.45) is 0. The van der Waals surface area contributed by atoms with Crippen molar-refractivity contribution >= 4 is 46.4 Å². The van der Waals surface area contributed by atoms with Gasteiger partial charge < -0.3 is 15.1 Å². The van der Waals surface area contributed by atoms with E-state index in [0.717, 1.165) is 11.1 Å². The topological polar surface area (TPSA) is 71.3 Å². The van der Waals surface area contributed by atoms with Gasteiger partial charge in [-0.3, -0.25) is 9.59 Å². The fourth-order valence-electron chi connectivity index (χ4n) is 2.31. The smallest absolute Gasteiger partial charge is 0.291 e. The molecule has 2 amide bonds. The van der Waals surface area contributed by atoms with Crippen LogP contribution in [-0.4, -0.2) is 11.8 Å². The van der Waals surface area contributed by atoms with E-state index < -0.39 is 11.8 Å². The van der Waals surface area contributed by atoms with Gasteiger partial charge >= 0.3 is 0 Å². The molecule has 0 aliphatic carbocycles. The summed E-state index contributed by atoms with van der Waals surface area (Å²) in [6, 6.07) is 13.2. The average Bonchev–Trinajstić information content (AvgIpc) is 3.12. The van der Waals surface area contributed by atoms with Crippen LogP contribution in [0.5, 0.6) is 0 Å². The maximum atomic E-state index is 12.3. The van der Waals surface area contributed by atoms with E-state index in [0.29, 0.717) is 21.4 Å². The van der Waals surface area contributed by atoms with Crippen LogP contribution in [0.3, 0.4) is 0 Å². The SMILES string of the molecule is Cc1ccc(NC(=O)c2ccc(C(=O)Nc3ccc(C)c(Cl)c3)o2)cc1Cl. The van der Waals surface area contributed by atoms with Crippen molar-refractivity contribution in [1.82, 2.24) is 0 Å². The minimum atomic E-state index is -0.479. The van der Waals surface area contributed by atoms with Gasteiger partial charge in [0, 0.05) is 21.4 Å². The molecule has 0 radical (unpaired) electrons. The molecule has 3 rings (SSSR count). The molecule has 0 bridgehead atoms. The Hall–Kier alpha value is -2.76. The van der Waals surface area contributed by atoms with Crippen molar-refractivity contribution in [3.05, 3.63) is 81.2 Å². The van der Waals surface area contributed by atoms with Gasteiger partial charge in [-0.15, -0.1) is 0 Å². The molecule has 0 spiro atoms. The highest BCUT2D eigenvalue weighted by molar-refractivity contribution is 6.32. The standard InChI is InChI=1S/C20H16Cl2N2O3/c1-11-3-5-13(9-15(11)21)23-19(25)17-7-8-18(27-17)20(26)24-14-6-4-12(2)16(22)10-14/h3-10H,1-2H3,(H,23,25)(H,24,26). The van der Waals surface area contributed by atoms with Crippen molar-refractivity contribution in [2.24, 2.45) is 0 Å². The number of halogens is 2. The van der Waals surface area contributed by atoms with Crippen LogP contribution in [0.25, 0.3) is 0 Å². The molecule has 0 aliphatic rings. The van der Waals surface area contributed by atoms with Crippen molar-refractivity contribution in [3.63, 3.8) is 0 Å². The van der Waals surface area contributed by atoms with Crippen LogP contribution in [-0.2, 0) is 0 Å². The van der Waals surface area contributed by atoms with Crippen LogP contribution in [0.4, 0.5) is 11.4 Å². The average molecular weight is 403 g/mol. The first-order valence-corrected chi connectivity index (χ1v) is 8.84. The number of nitrogens with one attached hydrogen (secondary N) is 2. The van der Waals surface area contributed by atoms with E-state index in [9.17, 15) is 9.59 Å². The number of hydrogen-bond acceptors (Lipinski definition) is 3. The summed E-state index contributed by atoms with van der Waals surface area (Å²) in [5.41, 5.74) is 2.88. The summed E-state index contributed by atoms with van der Waals surface area (Å²) in [5.74, 6) is -0.933. The third kappa shape index (κ3) is 4.51. The molecule has 138 valence electrons. The summed E-state index contributed by atoms with van der Waals surface area (Å²) in [6.45, 7) is 3.74. The van der Waals surface area contributed by atoms with Crippen LogP contribution in [0.1, 0.15) is 32.2 Å². The zero-order chi connectivity index (χ0) is 19.6. The zero-order valence-corrected chi connectivity index (χ0v) is 16.1.